The van der Waals surface area contributed by atoms with Crippen LogP contribution in [-0.4, -0.2) is 72.0 Å². The van der Waals surface area contributed by atoms with Crippen molar-refractivity contribution < 1.29 is 31.5 Å². The van der Waals surface area contributed by atoms with Gasteiger partial charge in [-0.05, 0) is 106 Å². The van der Waals surface area contributed by atoms with Crippen molar-refractivity contribution in [1.82, 2.24) is 19.4 Å². The van der Waals surface area contributed by atoms with Gasteiger partial charge in [-0.1, -0.05) is 12.1 Å². The van der Waals surface area contributed by atoms with E-state index in [0.717, 1.165) is 49.3 Å². The maximum Gasteiger partial charge on any atom is 0.259 e. The molecule has 0 atom stereocenters. The summed E-state index contributed by atoms with van der Waals surface area (Å²) in [5, 5.41) is 5.74. The number of nitrogens with one attached hydrogen (secondary N) is 2. The molecule has 1 aliphatic heterocycles. The number of benzene rings is 3. The third-order valence-corrected chi connectivity index (χ3v) is 11.1. The number of aryl methyl sites for hydroxylation is 1. The number of rotatable bonds is 14. The van der Waals surface area contributed by atoms with E-state index in [1.807, 2.05) is 54.8 Å². The van der Waals surface area contributed by atoms with Gasteiger partial charge in [0.15, 0.2) is 0 Å². The van der Waals surface area contributed by atoms with E-state index in [0.29, 0.717) is 64.6 Å². The predicted molar refractivity (Wildman–Crippen MR) is 222 cm³/mol. The van der Waals surface area contributed by atoms with Crippen LogP contribution in [0.25, 0.3) is 28.3 Å². The first-order valence-electron chi connectivity index (χ1n) is 19.2. The largest absolute Gasteiger partial charge is 0.493 e. The standard InChI is InChI=1S/C43H45F2N7O5S/c1-5-56-36-14-13-29(25-30(36)42(53)50-40-31(44)10-9-11-32(40)45)39-41(52-20-8-7-12-38(52)49-39)33-15-19-46-43(47-33)48-34-24-27(3)35(26-37(34)57-6-2)51-21-16-28(17-22-51)18-23-58(4,54)55/h7-15,19-20,24-26,28H,5-6,16-18,21-23H2,1-4H3,(H,50,53)(H,46,47,48). The molecule has 0 radical (unpaired) electrons. The minimum atomic E-state index is -2.99. The van der Waals surface area contributed by atoms with Crippen molar-refractivity contribution in [1.29, 1.82) is 0 Å². The minimum absolute atomic E-state index is 0.0636. The molecule has 6 aromatic rings. The Morgan fingerprint density at radius 3 is 2.38 bits per heavy atom. The van der Waals surface area contributed by atoms with E-state index in [-0.39, 0.29) is 23.7 Å². The zero-order valence-electron chi connectivity index (χ0n) is 32.8. The number of para-hydroxylation sites is 1. The smallest absolute Gasteiger partial charge is 0.259 e. The molecule has 4 heterocycles. The topological polar surface area (TPSA) is 140 Å². The zero-order valence-corrected chi connectivity index (χ0v) is 33.6. The van der Waals surface area contributed by atoms with E-state index < -0.39 is 33.1 Å². The van der Waals surface area contributed by atoms with Gasteiger partial charge in [0.05, 0.1) is 47.3 Å². The first-order chi connectivity index (χ1) is 27.9. The number of imidazole rings is 1. The zero-order chi connectivity index (χ0) is 41.0. The van der Waals surface area contributed by atoms with Crippen molar-refractivity contribution in [2.45, 2.75) is 40.0 Å². The number of amides is 1. The van der Waals surface area contributed by atoms with Crippen LogP contribution in [0.15, 0.2) is 85.2 Å². The highest BCUT2D eigenvalue weighted by atomic mass is 32.2. The molecule has 1 saturated heterocycles. The number of halogens is 2. The minimum Gasteiger partial charge on any atom is -0.493 e. The molecule has 15 heteroatoms. The number of piperidine rings is 1. The van der Waals surface area contributed by atoms with Gasteiger partial charge in [-0.3, -0.25) is 9.20 Å². The summed E-state index contributed by atoms with van der Waals surface area (Å²) in [5.41, 5.74) is 5.10. The number of nitrogens with zero attached hydrogens (tertiary/aromatic N) is 5. The van der Waals surface area contributed by atoms with Crippen LogP contribution in [0.5, 0.6) is 11.5 Å². The van der Waals surface area contributed by atoms with Crippen LogP contribution in [-0.2, 0) is 9.84 Å². The molecule has 0 unspecified atom stereocenters. The average Bonchev–Trinajstić information content (AvgIpc) is 3.60. The van der Waals surface area contributed by atoms with Crippen molar-refractivity contribution in [2.75, 3.05) is 53.8 Å². The van der Waals surface area contributed by atoms with E-state index in [2.05, 4.69) is 20.5 Å². The van der Waals surface area contributed by atoms with Gasteiger partial charge in [0.2, 0.25) is 5.95 Å². The Labute approximate surface area is 336 Å². The Morgan fingerprint density at radius 1 is 0.914 bits per heavy atom. The molecule has 3 aromatic carbocycles. The number of hydrogen-bond acceptors (Lipinski definition) is 10. The lowest BCUT2D eigenvalue weighted by Gasteiger charge is -2.35. The highest BCUT2D eigenvalue weighted by Gasteiger charge is 2.25. The number of fused-ring (bicyclic) bond motifs is 1. The quantitative estimate of drug-likeness (QED) is 0.110. The second-order valence-electron chi connectivity index (χ2n) is 14.2. The molecule has 0 spiro atoms. The second-order valence-corrected chi connectivity index (χ2v) is 16.5. The van der Waals surface area contributed by atoms with Crippen LogP contribution in [0, 0.1) is 24.5 Å². The number of hydrogen-bond donors (Lipinski definition) is 2. The van der Waals surface area contributed by atoms with Crippen LogP contribution in [0.3, 0.4) is 0 Å². The van der Waals surface area contributed by atoms with E-state index in [1.165, 1.54) is 12.3 Å². The molecule has 2 N–H and O–H groups in total. The maximum atomic E-state index is 14.5. The number of pyridine rings is 1. The van der Waals surface area contributed by atoms with E-state index in [1.54, 1.807) is 37.4 Å². The molecule has 58 heavy (non-hydrogen) atoms. The normalized spacial score (nSPS) is 13.4. The SMILES string of the molecule is CCOc1cc(N2CCC(CCS(C)(=O)=O)CC2)c(C)cc1Nc1nccc(-c2c(-c3ccc(OCC)c(C(=O)Nc4c(F)cccc4F)c3)nc3ccccn23)n1. The fourth-order valence-electron chi connectivity index (χ4n) is 7.28. The summed E-state index contributed by atoms with van der Waals surface area (Å²) in [7, 11) is -2.99. The van der Waals surface area contributed by atoms with E-state index >= 15 is 0 Å². The lowest BCUT2D eigenvalue weighted by atomic mass is 9.93. The summed E-state index contributed by atoms with van der Waals surface area (Å²) in [4.78, 5) is 30.3. The van der Waals surface area contributed by atoms with Crippen LogP contribution in [0.4, 0.5) is 31.8 Å². The highest BCUT2D eigenvalue weighted by Crippen LogP contribution is 2.38. The van der Waals surface area contributed by atoms with Crippen molar-refractivity contribution in [2.24, 2.45) is 5.92 Å². The van der Waals surface area contributed by atoms with Gasteiger partial charge in [0, 0.05) is 49.1 Å². The number of sulfone groups is 1. The summed E-state index contributed by atoms with van der Waals surface area (Å²) in [6, 6.07) is 19.8. The maximum absolute atomic E-state index is 14.5. The first kappa shape index (κ1) is 40.1. The lowest BCUT2D eigenvalue weighted by molar-refractivity contribution is 0.102. The molecule has 0 saturated carbocycles. The molecule has 12 nitrogen and oxygen atoms in total. The van der Waals surface area contributed by atoms with Gasteiger partial charge in [-0.2, -0.15) is 0 Å². The summed E-state index contributed by atoms with van der Waals surface area (Å²) in [6.45, 7) is 8.09. The van der Waals surface area contributed by atoms with Crippen molar-refractivity contribution in [3.63, 3.8) is 0 Å². The predicted octanol–water partition coefficient (Wildman–Crippen LogP) is 8.49. The fourth-order valence-corrected chi connectivity index (χ4v) is 8.04. The molecule has 0 aliphatic carbocycles. The number of aromatic nitrogens is 4. The Kier molecular flexibility index (Phi) is 11.9. The molecule has 1 aliphatic rings. The highest BCUT2D eigenvalue weighted by molar-refractivity contribution is 7.90. The summed E-state index contributed by atoms with van der Waals surface area (Å²) in [5.74, 6) is -0.778. The van der Waals surface area contributed by atoms with Gasteiger partial charge in [-0.15, -0.1) is 0 Å². The van der Waals surface area contributed by atoms with Gasteiger partial charge < -0.3 is 25.0 Å². The molecule has 1 fully saturated rings. The van der Waals surface area contributed by atoms with E-state index in [9.17, 15) is 22.0 Å². The monoisotopic (exact) mass is 809 g/mol. The van der Waals surface area contributed by atoms with Crippen LogP contribution in [0.2, 0.25) is 0 Å². The number of carbonyl (C=O) groups excluding carboxylic acids is 1. The third kappa shape index (κ3) is 8.89. The fraction of sp³-hybridized carbons (Fsp3) is 0.302. The van der Waals surface area contributed by atoms with E-state index in [4.69, 9.17) is 19.4 Å². The molecule has 0 bridgehead atoms. The molecular formula is C43H45F2N7O5S. The van der Waals surface area contributed by atoms with Gasteiger partial charge in [0.25, 0.3) is 5.91 Å². The lowest BCUT2D eigenvalue weighted by Crippen LogP contribution is -2.34. The number of carbonyl (C=O) groups is 1. The second kappa shape index (κ2) is 17.2. The Hall–Kier alpha value is -6.09. The van der Waals surface area contributed by atoms with Crippen LogP contribution < -0.4 is 25.0 Å². The number of anilines is 4. The number of ether oxygens (including phenoxy) is 2. The van der Waals surface area contributed by atoms with Gasteiger partial charge in [0.1, 0.15) is 44.3 Å². The first-order valence-corrected chi connectivity index (χ1v) is 21.3. The van der Waals surface area contributed by atoms with Crippen LogP contribution in [0.1, 0.15) is 49.0 Å². The van der Waals surface area contributed by atoms with Gasteiger partial charge >= 0.3 is 0 Å². The Balaban J connectivity index is 1.20. The van der Waals surface area contributed by atoms with Crippen molar-refractivity contribution >= 4 is 44.4 Å². The molecule has 7 rings (SSSR count). The molecule has 302 valence electrons. The summed E-state index contributed by atoms with van der Waals surface area (Å²) < 4.78 is 66.3. The molecule has 3 aromatic heterocycles. The average molecular weight is 810 g/mol. The van der Waals surface area contributed by atoms with Gasteiger partial charge in [-0.25, -0.2) is 32.2 Å². The van der Waals surface area contributed by atoms with Crippen molar-refractivity contribution in [3.8, 4) is 34.1 Å². The van der Waals surface area contributed by atoms with Crippen molar-refractivity contribution in [3.05, 3.63) is 108 Å². The molecule has 1 amide bonds. The third-order valence-electron chi connectivity index (χ3n) is 10.1. The Bertz CT molecular complexity index is 2550. The Morgan fingerprint density at radius 2 is 1.66 bits per heavy atom. The molecular weight excluding hydrogens is 765 g/mol. The summed E-state index contributed by atoms with van der Waals surface area (Å²) in [6.07, 6.45) is 7.33. The summed E-state index contributed by atoms with van der Waals surface area (Å²) >= 11 is 0. The van der Waals surface area contributed by atoms with Crippen LogP contribution >= 0.6 is 0 Å².